The topological polar surface area (TPSA) is 20.2 Å². The van der Waals surface area contributed by atoms with E-state index in [1.54, 1.807) is 0 Å². The maximum Gasteiger partial charge on any atom is 0.0583 e. The Kier molecular flexibility index (Phi) is 1.61. The summed E-state index contributed by atoms with van der Waals surface area (Å²) in [7, 11) is 0. The van der Waals surface area contributed by atoms with Gasteiger partial charge in [0.15, 0.2) is 0 Å². The van der Waals surface area contributed by atoms with Crippen molar-refractivity contribution in [2.45, 2.75) is 37.2 Å². The van der Waals surface area contributed by atoms with Crippen LogP contribution in [-0.2, 0) is 0 Å². The molecule has 0 heterocycles. The molecule has 2 fully saturated rings. The molecule has 0 saturated heterocycles. The molecule has 2 heteroatoms. The van der Waals surface area contributed by atoms with Crippen molar-refractivity contribution in [1.29, 1.82) is 0 Å². The maximum atomic E-state index is 9.81. The molecule has 0 aliphatic heterocycles. The standard InChI is InChI=1S/C11H15ClO/c12-10-8-6-7-2-1-4-11(7,10)5-3-9(8)13/h1,4,7-10,13H,2-3,5-6H2/t7-,8+,9?,10?,11+/m0/s1. The number of rotatable bonds is 0. The van der Waals surface area contributed by atoms with Gasteiger partial charge in [-0.3, -0.25) is 0 Å². The number of aliphatic hydroxyl groups is 1. The summed E-state index contributed by atoms with van der Waals surface area (Å²) >= 11 is 6.46. The normalized spacial score (nSPS) is 58.3. The average Bonchev–Trinajstić information content (AvgIpc) is 2.57. The predicted molar refractivity (Wildman–Crippen MR) is 52.7 cm³/mol. The van der Waals surface area contributed by atoms with Crippen LogP contribution in [0.15, 0.2) is 12.2 Å². The van der Waals surface area contributed by atoms with Crippen molar-refractivity contribution in [3.63, 3.8) is 0 Å². The molecule has 2 bridgehead atoms. The Labute approximate surface area is 83.8 Å². The van der Waals surface area contributed by atoms with E-state index in [4.69, 9.17) is 11.6 Å². The summed E-state index contributed by atoms with van der Waals surface area (Å²) in [5.74, 6) is 1.10. The Morgan fingerprint density at radius 3 is 3.15 bits per heavy atom. The van der Waals surface area contributed by atoms with E-state index in [1.165, 1.54) is 6.42 Å². The highest BCUT2D eigenvalue weighted by Crippen LogP contribution is 2.61. The quantitative estimate of drug-likeness (QED) is 0.468. The first-order valence-corrected chi connectivity index (χ1v) is 5.67. The van der Waals surface area contributed by atoms with Gasteiger partial charge in [-0.25, -0.2) is 0 Å². The summed E-state index contributed by atoms with van der Waals surface area (Å²) in [6.45, 7) is 0. The van der Waals surface area contributed by atoms with Crippen LogP contribution in [0.2, 0.25) is 0 Å². The molecule has 1 spiro atoms. The number of aliphatic hydroxyl groups excluding tert-OH is 1. The minimum absolute atomic E-state index is 0.132. The lowest BCUT2D eigenvalue weighted by Gasteiger charge is -2.38. The van der Waals surface area contributed by atoms with Crippen LogP contribution in [0.5, 0.6) is 0 Å². The molecular weight excluding hydrogens is 184 g/mol. The van der Waals surface area contributed by atoms with Crippen LogP contribution in [0.1, 0.15) is 25.7 Å². The molecule has 3 aliphatic rings. The number of alkyl halides is 1. The van der Waals surface area contributed by atoms with Crippen LogP contribution in [0.4, 0.5) is 0 Å². The van der Waals surface area contributed by atoms with E-state index in [-0.39, 0.29) is 16.9 Å². The van der Waals surface area contributed by atoms with Gasteiger partial charge < -0.3 is 5.11 Å². The molecule has 0 aromatic carbocycles. The van der Waals surface area contributed by atoms with Gasteiger partial charge in [-0.15, -0.1) is 11.6 Å². The van der Waals surface area contributed by atoms with Gasteiger partial charge in [-0.1, -0.05) is 12.2 Å². The summed E-state index contributed by atoms with van der Waals surface area (Å²) < 4.78 is 0. The van der Waals surface area contributed by atoms with Gasteiger partial charge in [0.05, 0.1) is 6.10 Å². The fraction of sp³-hybridized carbons (Fsp3) is 0.818. The van der Waals surface area contributed by atoms with Crippen molar-refractivity contribution in [2.24, 2.45) is 17.3 Å². The van der Waals surface area contributed by atoms with E-state index < -0.39 is 0 Å². The molecule has 72 valence electrons. The SMILES string of the molecule is OC1CC[C@]23C=CC[C@H]2C[C@H]1C3Cl. The van der Waals surface area contributed by atoms with E-state index in [1.807, 2.05) is 0 Å². The van der Waals surface area contributed by atoms with Gasteiger partial charge in [-0.05, 0) is 31.6 Å². The minimum atomic E-state index is -0.132. The molecule has 1 nitrogen and oxygen atoms in total. The van der Waals surface area contributed by atoms with E-state index in [0.29, 0.717) is 5.92 Å². The van der Waals surface area contributed by atoms with Gasteiger partial charge in [0.1, 0.15) is 0 Å². The smallest absolute Gasteiger partial charge is 0.0583 e. The van der Waals surface area contributed by atoms with Crippen molar-refractivity contribution in [2.75, 3.05) is 0 Å². The lowest BCUT2D eigenvalue weighted by Crippen LogP contribution is -2.39. The highest BCUT2D eigenvalue weighted by Gasteiger charge is 2.58. The van der Waals surface area contributed by atoms with Gasteiger partial charge in [0.25, 0.3) is 0 Å². The summed E-state index contributed by atoms with van der Waals surface area (Å²) in [5, 5.41) is 10.0. The zero-order valence-electron chi connectivity index (χ0n) is 7.62. The second kappa shape index (κ2) is 2.52. The van der Waals surface area contributed by atoms with Crippen molar-refractivity contribution >= 4 is 11.6 Å². The predicted octanol–water partition coefficient (Wildman–Crippen LogP) is 2.33. The molecule has 13 heavy (non-hydrogen) atoms. The first-order chi connectivity index (χ1) is 6.24. The molecule has 2 unspecified atom stereocenters. The van der Waals surface area contributed by atoms with Crippen molar-refractivity contribution in [3.8, 4) is 0 Å². The second-order valence-corrected chi connectivity index (χ2v) is 5.32. The molecule has 3 rings (SSSR count). The highest BCUT2D eigenvalue weighted by atomic mass is 35.5. The lowest BCUT2D eigenvalue weighted by atomic mass is 9.72. The molecule has 3 aliphatic carbocycles. The van der Waals surface area contributed by atoms with Crippen LogP contribution in [0.3, 0.4) is 0 Å². The van der Waals surface area contributed by atoms with Gasteiger partial charge >= 0.3 is 0 Å². The summed E-state index contributed by atoms with van der Waals surface area (Å²) in [5.41, 5.74) is 0.269. The zero-order valence-corrected chi connectivity index (χ0v) is 8.37. The second-order valence-electron chi connectivity index (χ2n) is 4.85. The number of allylic oxidation sites excluding steroid dienone is 2. The summed E-state index contributed by atoms with van der Waals surface area (Å²) in [6.07, 6.45) is 8.87. The van der Waals surface area contributed by atoms with Gasteiger partial charge in [-0.2, -0.15) is 0 Å². The molecule has 0 amide bonds. The number of fused-ring (bicyclic) bond motifs is 1. The first kappa shape index (κ1) is 8.31. The van der Waals surface area contributed by atoms with Crippen LogP contribution >= 0.6 is 11.6 Å². The Bertz CT molecular complexity index is 263. The third-order valence-electron chi connectivity index (χ3n) is 4.42. The fourth-order valence-electron chi connectivity index (χ4n) is 3.68. The van der Waals surface area contributed by atoms with Crippen LogP contribution in [-0.4, -0.2) is 16.6 Å². The van der Waals surface area contributed by atoms with E-state index >= 15 is 0 Å². The summed E-state index contributed by atoms with van der Waals surface area (Å²) in [4.78, 5) is 0. The number of hydrogen-bond donors (Lipinski definition) is 1. The lowest BCUT2D eigenvalue weighted by molar-refractivity contribution is 0.0652. The average molecular weight is 199 g/mol. The largest absolute Gasteiger partial charge is 0.393 e. The first-order valence-electron chi connectivity index (χ1n) is 5.24. The van der Waals surface area contributed by atoms with Gasteiger partial charge in [0, 0.05) is 16.7 Å². The third-order valence-corrected chi connectivity index (χ3v) is 5.15. The van der Waals surface area contributed by atoms with E-state index in [2.05, 4.69) is 12.2 Å². The minimum Gasteiger partial charge on any atom is -0.393 e. The molecule has 0 aromatic rings. The number of halogens is 1. The number of hydrogen-bond acceptors (Lipinski definition) is 1. The maximum absolute atomic E-state index is 9.81. The van der Waals surface area contributed by atoms with E-state index in [0.717, 1.165) is 25.2 Å². The summed E-state index contributed by atoms with van der Waals surface area (Å²) in [6, 6.07) is 0. The monoisotopic (exact) mass is 198 g/mol. The molecule has 0 radical (unpaired) electrons. The molecular formula is C11H15ClO. The molecule has 2 saturated carbocycles. The Morgan fingerprint density at radius 1 is 1.46 bits per heavy atom. The Morgan fingerprint density at radius 2 is 2.31 bits per heavy atom. The van der Waals surface area contributed by atoms with E-state index in [9.17, 15) is 5.11 Å². The zero-order chi connectivity index (χ0) is 9.05. The molecule has 0 aromatic heterocycles. The van der Waals surface area contributed by atoms with Crippen molar-refractivity contribution < 1.29 is 5.11 Å². The highest BCUT2D eigenvalue weighted by molar-refractivity contribution is 6.21. The van der Waals surface area contributed by atoms with Gasteiger partial charge in [0.2, 0.25) is 0 Å². The van der Waals surface area contributed by atoms with Crippen molar-refractivity contribution in [3.05, 3.63) is 12.2 Å². The van der Waals surface area contributed by atoms with Crippen LogP contribution in [0, 0.1) is 17.3 Å². The fourth-order valence-corrected chi connectivity index (χ4v) is 4.31. The Hall–Kier alpha value is -0.0100. The Balaban J connectivity index is 2.01. The third kappa shape index (κ3) is 0.875. The van der Waals surface area contributed by atoms with Crippen LogP contribution in [0.25, 0.3) is 0 Å². The molecule has 5 atom stereocenters. The van der Waals surface area contributed by atoms with Crippen LogP contribution < -0.4 is 0 Å². The molecule has 1 N–H and O–H groups in total. The van der Waals surface area contributed by atoms with Crippen molar-refractivity contribution in [1.82, 2.24) is 0 Å².